The molecule has 2 N–H and O–H groups in total. The van der Waals surface area contributed by atoms with Crippen LogP contribution in [0.15, 0.2) is 24.3 Å². The smallest absolute Gasteiger partial charge is 0.0905 e. The fourth-order valence-electron chi connectivity index (χ4n) is 2.09. The molecule has 0 saturated heterocycles. The Morgan fingerprint density at radius 2 is 1.74 bits per heavy atom. The maximum absolute atomic E-state index is 6.03. The lowest BCUT2D eigenvalue weighted by molar-refractivity contribution is 0.590. The van der Waals surface area contributed by atoms with Crippen LogP contribution in [0.2, 0.25) is 0 Å². The Bertz CT molecular complexity index is 559. The standard InChI is InChI=1S/C16H22N2S/c1-10(17)15-14(18-11(2)19-15)12-6-8-13(9-7-12)16(3,4)5/h6-10H,17H2,1-5H3. The van der Waals surface area contributed by atoms with E-state index >= 15 is 0 Å². The minimum atomic E-state index is 0.0310. The van der Waals surface area contributed by atoms with Crippen LogP contribution in [0.1, 0.15) is 49.2 Å². The molecule has 19 heavy (non-hydrogen) atoms. The van der Waals surface area contributed by atoms with Gasteiger partial charge in [-0.2, -0.15) is 0 Å². The van der Waals surface area contributed by atoms with E-state index in [1.807, 2.05) is 13.8 Å². The summed E-state index contributed by atoms with van der Waals surface area (Å²) >= 11 is 1.69. The van der Waals surface area contributed by atoms with Crippen molar-refractivity contribution in [3.05, 3.63) is 39.7 Å². The van der Waals surface area contributed by atoms with E-state index in [2.05, 4.69) is 50.0 Å². The summed E-state index contributed by atoms with van der Waals surface area (Å²) in [6.07, 6.45) is 0. The molecule has 2 nitrogen and oxygen atoms in total. The first-order valence-electron chi connectivity index (χ1n) is 6.63. The van der Waals surface area contributed by atoms with Gasteiger partial charge in [0, 0.05) is 16.5 Å². The molecule has 0 spiro atoms. The highest BCUT2D eigenvalue weighted by molar-refractivity contribution is 7.12. The second-order valence-corrected chi connectivity index (χ2v) is 7.30. The zero-order chi connectivity index (χ0) is 14.2. The van der Waals surface area contributed by atoms with Crippen LogP contribution in [-0.2, 0) is 5.41 Å². The molecule has 1 atom stereocenters. The van der Waals surface area contributed by atoms with Gasteiger partial charge in [0.15, 0.2) is 0 Å². The van der Waals surface area contributed by atoms with Crippen LogP contribution in [0.5, 0.6) is 0 Å². The van der Waals surface area contributed by atoms with Crippen LogP contribution in [0.25, 0.3) is 11.3 Å². The van der Waals surface area contributed by atoms with Gasteiger partial charge in [-0.3, -0.25) is 0 Å². The predicted molar refractivity (Wildman–Crippen MR) is 83.6 cm³/mol. The summed E-state index contributed by atoms with van der Waals surface area (Å²) in [5.74, 6) is 0. The van der Waals surface area contributed by atoms with Gasteiger partial charge < -0.3 is 5.73 Å². The van der Waals surface area contributed by atoms with Crippen molar-refractivity contribution in [2.75, 3.05) is 0 Å². The second kappa shape index (κ2) is 5.06. The number of nitrogens with zero attached hydrogens (tertiary/aromatic N) is 1. The molecule has 0 bridgehead atoms. The number of nitrogens with two attached hydrogens (primary N) is 1. The van der Waals surface area contributed by atoms with Gasteiger partial charge in [-0.05, 0) is 24.8 Å². The van der Waals surface area contributed by atoms with E-state index in [1.54, 1.807) is 11.3 Å². The molecule has 2 aromatic rings. The maximum atomic E-state index is 6.03. The number of rotatable bonds is 2. The molecule has 0 saturated carbocycles. The molecule has 0 aliphatic rings. The zero-order valence-electron chi connectivity index (χ0n) is 12.3. The van der Waals surface area contributed by atoms with Crippen LogP contribution in [0.3, 0.4) is 0 Å². The number of thiazole rings is 1. The number of aryl methyl sites for hydroxylation is 1. The summed E-state index contributed by atoms with van der Waals surface area (Å²) in [4.78, 5) is 5.80. The van der Waals surface area contributed by atoms with Crippen molar-refractivity contribution in [2.24, 2.45) is 5.73 Å². The zero-order valence-corrected chi connectivity index (χ0v) is 13.1. The molecular weight excluding hydrogens is 252 g/mol. The highest BCUT2D eigenvalue weighted by Gasteiger charge is 2.16. The van der Waals surface area contributed by atoms with E-state index in [1.165, 1.54) is 10.4 Å². The first kappa shape index (κ1) is 14.2. The highest BCUT2D eigenvalue weighted by Crippen LogP contribution is 2.33. The van der Waals surface area contributed by atoms with Crippen LogP contribution in [0.4, 0.5) is 0 Å². The summed E-state index contributed by atoms with van der Waals surface area (Å²) in [5.41, 5.74) is 9.75. The molecule has 0 fully saturated rings. The molecule has 0 aliphatic heterocycles. The normalized spacial score (nSPS) is 13.6. The van der Waals surface area contributed by atoms with E-state index in [0.717, 1.165) is 16.3 Å². The average molecular weight is 274 g/mol. The molecule has 3 heteroatoms. The second-order valence-electron chi connectivity index (χ2n) is 6.06. The van der Waals surface area contributed by atoms with Crippen molar-refractivity contribution >= 4 is 11.3 Å². The van der Waals surface area contributed by atoms with Gasteiger partial charge in [-0.1, -0.05) is 45.0 Å². The molecule has 1 heterocycles. The van der Waals surface area contributed by atoms with Crippen molar-refractivity contribution in [3.8, 4) is 11.3 Å². The van der Waals surface area contributed by atoms with Crippen LogP contribution in [0, 0.1) is 6.92 Å². The Labute approximate surface area is 119 Å². The molecular formula is C16H22N2S. The lowest BCUT2D eigenvalue weighted by Gasteiger charge is -2.19. The summed E-state index contributed by atoms with van der Waals surface area (Å²) in [5, 5.41) is 1.07. The van der Waals surface area contributed by atoms with E-state index in [9.17, 15) is 0 Å². The third-order valence-corrected chi connectivity index (χ3v) is 4.37. The number of benzene rings is 1. The van der Waals surface area contributed by atoms with Crippen molar-refractivity contribution in [1.29, 1.82) is 0 Å². The van der Waals surface area contributed by atoms with Crippen molar-refractivity contribution in [3.63, 3.8) is 0 Å². The molecule has 102 valence electrons. The van der Waals surface area contributed by atoms with Gasteiger partial charge in [0.25, 0.3) is 0 Å². The number of aromatic nitrogens is 1. The lowest BCUT2D eigenvalue weighted by atomic mass is 9.86. The van der Waals surface area contributed by atoms with Gasteiger partial charge in [0.2, 0.25) is 0 Å². The van der Waals surface area contributed by atoms with E-state index in [0.29, 0.717) is 0 Å². The molecule has 0 amide bonds. The van der Waals surface area contributed by atoms with E-state index in [4.69, 9.17) is 5.73 Å². The fraction of sp³-hybridized carbons (Fsp3) is 0.438. The molecule has 0 radical (unpaired) electrons. The Morgan fingerprint density at radius 1 is 1.16 bits per heavy atom. The largest absolute Gasteiger partial charge is 0.323 e. The van der Waals surface area contributed by atoms with Gasteiger partial charge in [-0.25, -0.2) is 4.98 Å². The number of hydrogen-bond acceptors (Lipinski definition) is 3. The highest BCUT2D eigenvalue weighted by atomic mass is 32.1. The summed E-state index contributed by atoms with van der Waals surface area (Å²) in [6, 6.07) is 8.72. The first-order valence-corrected chi connectivity index (χ1v) is 7.44. The van der Waals surface area contributed by atoms with Crippen molar-refractivity contribution in [2.45, 2.75) is 46.1 Å². The Morgan fingerprint density at radius 3 is 2.21 bits per heavy atom. The summed E-state index contributed by atoms with van der Waals surface area (Å²) < 4.78 is 0. The third kappa shape index (κ3) is 3.04. The van der Waals surface area contributed by atoms with Crippen molar-refractivity contribution in [1.82, 2.24) is 4.98 Å². The fourth-order valence-corrected chi connectivity index (χ4v) is 2.99. The first-order chi connectivity index (χ1) is 8.79. The summed E-state index contributed by atoms with van der Waals surface area (Å²) in [7, 11) is 0. The SMILES string of the molecule is Cc1nc(-c2ccc(C(C)(C)C)cc2)c(C(C)N)s1. The third-order valence-electron chi connectivity index (χ3n) is 3.20. The van der Waals surface area contributed by atoms with Crippen LogP contribution >= 0.6 is 11.3 Å². The Balaban J connectivity index is 2.43. The van der Waals surface area contributed by atoms with Gasteiger partial charge >= 0.3 is 0 Å². The number of hydrogen-bond donors (Lipinski definition) is 1. The molecule has 1 aromatic carbocycles. The average Bonchev–Trinajstić information content (AvgIpc) is 2.70. The predicted octanol–water partition coefficient (Wildman–Crippen LogP) is 4.44. The lowest BCUT2D eigenvalue weighted by Crippen LogP contribution is -2.10. The van der Waals surface area contributed by atoms with Gasteiger partial charge in [0.05, 0.1) is 10.7 Å². The molecule has 2 rings (SSSR count). The monoisotopic (exact) mass is 274 g/mol. The molecule has 1 unspecified atom stereocenters. The minimum absolute atomic E-state index is 0.0310. The van der Waals surface area contributed by atoms with E-state index < -0.39 is 0 Å². The Hall–Kier alpha value is -1.19. The molecule has 0 aliphatic carbocycles. The topological polar surface area (TPSA) is 38.9 Å². The van der Waals surface area contributed by atoms with E-state index in [-0.39, 0.29) is 11.5 Å². The van der Waals surface area contributed by atoms with Crippen LogP contribution in [-0.4, -0.2) is 4.98 Å². The minimum Gasteiger partial charge on any atom is -0.323 e. The Kier molecular flexibility index (Phi) is 3.79. The van der Waals surface area contributed by atoms with Gasteiger partial charge in [-0.15, -0.1) is 11.3 Å². The van der Waals surface area contributed by atoms with Gasteiger partial charge in [0.1, 0.15) is 0 Å². The maximum Gasteiger partial charge on any atom is 0.0905 e. The van der Waals surface area contributed by atoms with Crippen LogP contribution < -0.4 is 5.73 Å². The van der Waals surface area contributed by atoms with Crippen molar-refractivity contribution < 1.29 is 0 Å². The quantitative estimate of drug-likeness (QED) is 0.879. The molecule has 1 aromatic heterocycles. The summed E-state index contributed by atoms with van der Waals surface area (Å²) in [6.45, 7) is 10.7.